The molecule has 0 aliphatic heterocycles. The number of nitrogens with one attached hydrogen (secondary N) is 1. The lowest BCUT2D eigenvalue weighted by Crippen LogP contribution is -2.45. The Hall–Kier alpha value is -0.870. The van der Waals surface area contributed by atoms with Crippen LogP contribution in [-0.4, -0.2) is 34.9 Å². The second kappa shape index (κ2) is 32.6. The zero-order valence-corrected chi connectivity index (χ0v) is 27.1. The molecule has 0 fully saturated rings. The Morgan fingerprint density at radius 3 is 1.30 bits per heavy atom. The Labute approximate surface area is 250 Å². The quantitative estimate of drug-likeness (QED) is 0.0561. The zero-order chi connectivity index (χ0) is 29.4. The van der Waals surface area contributed by atoms with Gasteiger partial charge in [-0.25, -0.2) is 0 Å². The van der Waals surface area contributed by atoms with E-state index in [9.17, 15) is 15.0 Å². The van der Waals surface area contributed by atoms with Gasteiger partial charge in [0.15, 0.2) is 0 Å². The third-order valence-electron chi connectivity index (χ3n) is 8.27. The van der Waals surface area contributed by atoms with E-state index in [-0.39, 0.29) is 12.5 Å². The number of aliphatic hydroxyl groups excluding tert-OH is 2. The third-order valence-corrected chi connectivity index (χ3v) is 8.27. The van der Waals surface area contributed by atoms with E-state index < -0.39 is 12.1 Å². The third kappa shape index (κ3) is 28.7. The predicted molar refractivity (Wildman–Crippen MR) is 175 cm³/mol. The molecule has 0 aliphatic rings. The van der Waals surface area contributed by atoms with Crippen molar-refractivity contribution in [3.63, 3.8) is 0 Å². The van der Waals surface area contributed by atoms with Gasteiger partial charge in [0, 0.05) is 6.42 Å². The molecule has 1 amide bonds. The molecule has 0 radical (unpaired) electrons. The SMILES string of the molecule is CCCCCCCCCCCCC/C=C\[C@H](O)[C@H](CO)NC(=O)CCCCCCCCCCCCCCCCC. The fraction of sp³-hybridized carbons (Fsp3) is 0.917. The van der Waals surface area contributed by atoms with E-state index in [1.807, 2.05) is 6.08 Å². The molecule has 0 bridgehead atoms. The molecule has 238 valence electrons. The second-order valence-corrected chi connectivity index (χ2v) is 12.3. The van der Waals surface area contributed by atoms with Crippen molar-refractivity contribution >= 4 is 5.91 Å². The first kappa shape index (κ1) is 39.1. The summed E-state index contributed by atoms with van der Waals surface area (Å²) in [4.78, 5) is 12.3. The first-order valence-corrected chi connectivity index (χ1v) is 17.9. The molecular weight excluding hydrogens is 494 g/mol. The maximum atomic E-state index is 12.3. The molecule has 0 aliphatic carbocycles. The summed E-state index contributed by atoms with van der Waals surface area (Å²) < 4.78 is 0. The number of amides is 1. The molecule has 4 heteroatoms. The molecule has 0 aromatic carbocycles. The molecule has 40 heavy (non-hydrogen) atoms. The van der Waals surface area contributed by atoms with Crippen LogP contribution >= 0.6 is 0 Å². The van der Waals surface area contributed by atoms with Crippen LogP contribution in [0.25, 0.3) is 0 Å². The smallest absolute Gasteiger partial charge is 0.220 e. The maximum Gasteiger partial charge on any atom is 0.220 e. The predicted octanol–water partition coefficient (Wildman–Crippen LogP) is 10.3. The summed E-state index contributed by atoms with van der Waals surface area (Å²) in [5, 5.41) is 22.8. The molecule has 4 nitrogen and oxygen atoms in total. The van der Waals surface area contributed by atoms with Crippen molar-refractivity contribution in [3.8, 4) is 0 Å². The molecule has 0 rings (SSSR count). The number of hydrogen-bond acceptors (Lipinski definition) is 3. The summed E-state index contributed by atoms with van der Waals surface area (Å²) in [5.74, 6) is -0.0634. The molecule has 0 saturated heterocycles. The topological polar surface area (TPSA) is 69.6 Å². The molecule has 3 N–H and O–H groups in total. The molecule has 0 heterocycles. The van der Waals surface area contributed by atoms with E-state index in [0.29, 0.717) is 6.42 Å². The molecule has 2 atom stereocenters. The normalized spacial score (nSPS) is 13.2. The summed E-state index contributed by atoms with van der Waals surface area (Å²) >= 11 is 0. The van der Waals surface area contributed by atoms with Crippen molar-refractivity contribution in [3.05, 3.63) is 12.2 Å². The lowest BCUT2D eigenvalue weighted by Gasteiger charge is -2.20. The number of rotatable bonds is 32. The summed E-state index contributed by atoms with van der Waals surface area (Å²) in [6.07, 6.45) is 38.6. The Bertz CT molecular complexity index is 536. The summed E-state index contributed by atoms with van der Waals surface area (Å²) in [6, 6.07) is -0.614. The van der Waals surface area contributed by atoms with Crippen molar-refractivity contribution < 1.29 is 15.0 Å². The number of hydrogen-bond donors (Lipinski definition) is 3. The van der Waals surface area contributed by atoms with E-state index in [4.69, 9.17) is 0 Å². The Balaban J connectivity index is 3.60. The van der Waals surface area contributed by atoms with Gasteiger partial charge in [0.2, 0.25) is 5.91 Å². The molecule has 0 spiro atoms. The molecule has 0 unspecified atom stereocenters. The highest BCUT2D eigenvalue weighted by atomic mass is 16.3. The first-order chi connectivity index (χ1) is 19.7. The highest BCUT2D eigenvalue weighted by Crippen LogP contribution is 2.14. The largest absolute Gasteiger partial charge is 0.394 e. The van der Waals surface area contributed by atoms with Gasteiger partial charge in [-0.3, -0.25) is 4.79 Å². The molecule has 0 aromatic rings. The Morgan fingerprint density at radius 1 is 0.575 bits per heavy atom. The van der Waals surface area contributed by atoms with Crippen LogP contribution in [0.15, 0.2) is 12.2 Å². The minimum Gasteiger partial charge on any atom is -0.394 e. The van der Waals surface area contributed by atoms with Crippen molar-refractivity contribution in [1.82, 2.24) is 5.32 Å². The summed E-state index contributed by atoms with van der Waals surface area (Å²) in [5.41, 5.74) is 0. The fourth-order valence-electron chi connectivity index (χ4n) is 5.47. The van der Waals surface area contributed by atoms with E-state index in [1.54, 1.807) is 6.08 Å². The van der Waals surface area contributed by atoms with Crippen LogP contribution < -0.4 is 5.32 Å². The molecule has 0 saturated carbocycles. The van der Waals surface area contributed by atoms with Gasteiger partial charge in [0.1, 0.15) is 0 Å². The van der Waals surface area contributed by atoms with Gasteiger partial charge in [-0.1, -0.05) is 180 Å². The highest BCUT2D eigenvalue weighted by Gasteiger charge is 2.17. The van der Waals surface area contributed by atoms with Gasteiger partial charge in [-0.05, 0) is 19.3 Å². The van der Waals surface area contributed by atoms with Crippen LogP contribution in [0.2, 0.25) is 0 Å². The lowest BCUT2D eigenvalue weighted by molar-refractivity contribution is -0.123. The van der Waals surface area contributed by atoms with Crippen molar-refractivity contribution in [2.45, 2.75) is 206 Å². The molecular formula is C36H71NO3. The van der Waals surface area contributed by atoms with Gasteiger partial charge in [-0.15, -0.1) is 0 Å². The minimum absolute atomic E-state index is 0.0634. The van der Waals surface area contributed by atoms with Gasteiger partial charge < -0.3 is 15.5 Å². The Morgan fingerprint density at radius 2 is 0.925 bits per heavy atom. The van der Waals surface area contributed by atoms with Gasteiger partial charge in [0.25, 0.3) is 0 Å². The van der Waals surface area contributed by atoms with Crippen molar-refractivity contribution in [2.24, 2.45) is 0 Å². The van der Waals surface area contributed by atoms with Crippen molar-refractivity contribution in [2.75, 3.05) is 6.61 Å². The summed E-state index contributed by atoms with van der Waals surface area (Å²) in [7, 11) is 0. The van der Waals surface area contributed by atoms with Crippen LogP contribution in [0.5, 0.6) is 0 Å². The molecule has 0 aromatic heterocycles. The van der Waals surface area contributed by atoms with Crippen LogP contribution in [0.1, 0.15) is 194 Å². The van der Waals surface area contributed by atoms with Gasteiger partial charge >= 0.3 is 0 Å². The van der Waals surface area contributed by atoms with Crippen LogP contribution in [0.4, 0.5) is 0 Å². The number of unbranched alkanes of at least 4 members (excludes halogenated alkanes) is 25. The van der Waals surface area contributed by atoms with Crippen LogP contribution in [-0.2, 0) is 4.79 Å². The number of carbonyl (C=O) groups excluding carboxylic acids is 1. The average Bonchev–Trinajstić information content (AvgIpc) is 2.96. The van der Waals surface area contributed by atoms with Crippen LogP contribution in [0.3, 0.4) is 0 Å². The highest BCUT2D eigenvalue weighted by molar-refractivity contribution is 5.76. The van der Waals surface area contributed by atoms with Crippen LogP contribution in [0, 0.1) is 0 Å². The minimum atomic E-state index is -0.831. The Kier molecular flexibility index (Phi) is 31.9. The van der Waals surface area contributed by atoms with Gasteiger partial charge in [0.05, 0.1) is 18.8 Å². The second-order valence-electron chi connectivity index (χ2n) is 12.3. The monoisotopic (exact) mass is 566 g/mol. The number of allylic oxidation sites excluding steroid dienone is 1. The number of carbonyl (C=O) groups is 1. The first-order valence-electron chi connectivity index (χ1n) is 17.9. The van der Waals surface area contributed by atoms with E-state index in [2.05, 4.69) is 19.2 Å². The zero-order valence-electron chi connectivity index (χ0n) is 27.1. The van der Waals surface area contributed by atoms with E-state index in [1.165, 1.54) is 148 Å². The fourth-order valence-corrected chi connectivity index (χ4v) is 5.47. The standard InChI is InChI=1S/C36H71NO3/c1-3-5-7-9-11-13-15-17-18-20-22-24-26-28-30-32-36(40)37-34(33-38)35(39)31-29-27-25-23-21-19-16-14-12-10-8-6-4-2/h29,31,34-35,38-39H,3-28,30,32-33H2,1-2H3,(H,37,40)/b31-29-/t34-,35-/m0/s1. The maximum absolute atomic E-state index is 12.3. The number of aliphatic hydroxyl groups is 2. The van der Waals surface area contributed by atoms with Gasteiger partial charge in [-0.2, -0.15) is 0 Å². The summed E-state index contributed by atoms with van der Waals surface area (Å²) in [6.45, 7) is 4.30. The lowest BCUT2D eigenvalue weighted by atomic mass is 10.0. The van der Waals surface area contributed by atoms with Crippen molar-refractivity contribution in [1.29, 1.82) is 0 Å². The average molecular weight is 566 g/mol. The van der Waals surface area contributed by atoms with E-state index in [0.717, 1.165) is 25.7 Å². The van der Waals surface area contributed by atoms with E-state index >= 15 is 0 Å².